The number of allylic oxidation sites excluding steroid dienone is 2. The highest BCUT2D eigenvalue weighted by Crippen LogP contribution is 2.58. The van der Waals surface area contributed by atoms with E-state index in [1.165, 1.54) is 62.8 Å². The van der Waals surface area contributed by atoms with E-state index in [-0.39, 0.29) is 11.1 Å². The molecule has 2 heterocycles. The van der Waals surface area contributed by atoms with Gasteiger partial charge in [-0.1, -0.05) is 12.2 Å². The Kier molecular flexibility index (Phi) is 5.30. The molecule has 10 heteroatoms. The lowest BCUT2D eigenvalue weighted by Gasteiger charge is -2.44. The highest BCUT2D eigenvalue weighted by Gasteiger charge is 2.68. The second-order valence-corrected chi connectivity index (χ2v) is 9.74. The molecule has 2 aliphatic heterocycles. The number of amides is 4. The molecule has 3 fully saturated rings. The Labute approximate surface area is 216 Å². The third-order valence-corrected chi connectivity index (χ3v) is 8.10. The van der Waals surface area contributed by atoms with Crippen LogP contribution >= 0.6 is 0 Å². The summed E-state index contributed by atoms with van der Waals surface area (Å²) in [6.07, 6.45) is 3.58. The Balaban J connectivity index is 1.31. The first-order chi connectivity index (χ1) is 18.3. The van der Waals surface area contributed by atoms with Gasteiger partial charge in [-0.05, 0) is 48.5 Å². The first kappa shape index (κ1) is 23.8. The Morgan fingerprint density at radius 2 is 0.842 bits per heavy atom. The molecule has 2 aromatic rings. The molecule has 2 bridgehead atoms. The first-order valence-electron chi connectivity index (χ1n) is 12.1. The van der Waals surface area contributed by atoms with Gasteiger partial charge in [-0.3, -0.25) is 29.0 Å². The van der Waals surface area contributed by atoms with Gasteiger partial charge >= 0.3 is 11.9 Å². The number of ether oxygens (including phenoxy) is 2. The Morgan fingerprint density at radius 1 is 0.553 bits per heavy atom. The smallest absolute Gasteiger partial charge is 0.337 e. The van der Waals surface area contributed by atoms with E-state index < -0.39 is 71.1 Å². The number of imide groups is 2. The minimum absolute atomic E-state index is 0.278. The number of anilines is 2. The van der Waals surface area contributed by atoms with Crippen molar-refractivity contribution in [2.24, 2.45) is 35.5 Å². The summed E-state index contributed by atoms with van der Waals surface area (Å²) in [6, 6.07) is 11.9. The number of methoxy groups -OCH3 is 2. The lowest BCUT2D eigenvalue weighted by Crippen LogP contribution is -2.50. The summed E-state index contributed by atoms with van der Waals surface area (Å²) in [6.45, 7) is 0. The monoisotopic (exact) mass is 514 g/mol. The van der Waals surface area contributed by atoms with Crippen LogP contribution in [0.3, 0.4) is 0 Å². The molecule has 0 N–H and O–H groups in total. The Morgan fingerprint density at radius 3 is 1.11 bits per heavy atom. The number of hydrogen-bond acceptors (Lipinski definition) is 8. The van der Waals surface area contributed by atoms with Gasteiger partial charge in [0.25, 0.3) is 0 Å². The fraction of sp³-hybridized carbons (Fsp3) is 0.286. The predicted octanol–water partition coefficient (Wildman–Crippen LogP) is 1.99. The van der Waals surface area contributed by atoms with Crippen molar-refractivity contribution in [1.82, 2.24) is 0 Å². The van der Waals surface area contributed by atoms with Gasteiger partial charge in [0.1, 0.15) is 0 Å². The zero-order valence-corrected chi connectivity index (χ0v) is 20.4. The predicted molar refractivity (Wildman–Crippen MR) is 131 cm³/mol. The van der Waals surface area contributed by atoms with Crippen LogP contribution in [0, 0.1) is 35.5 Å². The van der Waals surface area contributed by atoms with Gasteiger partial charge in [-0.25, -0.2) is 9.59 Å². The molecular formula is C28H22N2O8. The van der Waals surface area contributed by atoms with Crippen LogP contribution < -0.4 is 9.80 Å². The third-order valence-electron chi connectivity index (χ3n) is 8.10. The maximum absolute atomic E-state index is 13.6. The number of hydrogen-bond donors (Lipinski definition) is 0. The van der Waals surface area contributed by atoms with E-state index in [0.717, 1.165) is 9.80 Å². The second-order valence-electron chi connectivity index (χ2n) is 9.74. The molecule has 10 nitrogen and oxygen atoms in total. The van der Waals surface area contributed by atoms with E-state index in [4.69, 9.17) is 9.47 Å². The second kappa shape index (κ2) is 8.47. The summed E-state index contributed by atoms with van der Waals surface area (Å²) in [5.74, 6) is -7.07. The maximum atomic E-state index is 13.6. The first-order valence-corrected chi connectivity index (χ1v) is 12.1. The summed E-state index contributed by atoms with van der Waals surface area (Å²) in [4.78, 5) is 80.1. The van der Waals surface area contributed by atoms with Crippen LogP contribution in [0.5, 0.6) is 0 Å². The van der Waals surface area contributed by atoms with Crippen molar-refractivity contribution in [2.45, 2.75) is 0 Å². The van der Waals surface area contributed by atoms with Crippen LogP contribution in [0.25, 0.3) is 0 Å². The van der Waals surface area contributed by atoms with E-state index in [1.54, 1.807) is 12.2 Å². The molecule has 1 saturated carbocycles. The van der Waals surface area contributed by atoms with E-state index >= 15 is 0 Å². The fourth-order valence-corrected chi connectivity index (χ4v) is 6.46. The van der Waals surface area contributed by atoms with E-state index in [9.17, 15) is 28.8 Å². The highest BCUT2D eigenvalue weighted by atomic mass is 16.5. The van der Waals surface area contributed by atoms with Gasteiger partial charge in [0, 0.05) is 11.8 Å². The lowest BCUT2D eigenvalue weighted by molar-refractivity contribution is -0.137. The van der Waals surface area contributed by atoms with Crippen LogP contribution in [0.2, 0.25) is 0 Å². The van der Waals surface area contributed by atoms with Gasteiger partial charge < -0.3 is 9.47 Å². The van der Waals surface area contributed by atoms with Gasteiger partial charge in [-0.15, -0.1) is 0 Å². The van der Waals surface area contributed by atoms with Crippen LogP contribution in [0.15, 0.2) is 60.7 Å². The molecule has 5 aliphatic rings. The van der Waals surface area contributed by atoms with Crippen molar-refractivity contribution in [1.29, 1.82) is 0 Å². The number of esters is 2. The quantitative estimate of drug-likeness (QED) is 0.344. The van der Waals surface area contributed by atoms with Crippen LogP contribution in [0.1, 0.15) is 20.7 Å². The molecule has 4 amide bonds. The molecule has 38 heavy (non-hydrogen) atoms. The van der Waals surface area contributed by atoms with Crippen molar-refractivity contribution in [2.75, 3.05) is 24.0 Å². The zero-order chi connectivity index (χ0) is 26.9. The van der Waals surface area contributed by atoms with E-state index in [1.807, 2.05) is 0 Å². The SMILES string of the molecule is COC(=O)c1ccc(N2C(=O)[C@@H]3C4C=CC([C@H]5C(=O)N(c6ccc(C(=O)OC)cc6)C(=O)[C@@H]45)[C@@H]3C2=O)cc1. The van der Waals surface area contributed by atoms with Gasteiger partial charge in [0.05, 0.1) is 60.4 Å². The molecule has 2 aromatic carbocycles. The molecule has 0 aromatic heterocycles. The minimum Gasteiger partial charge on any atom is -0.465 e. The largest absolute Gasteiger partial charge is 0.465 e. The van der Waals surface area contributed by atoms with Crippen molar-refractivity contribution in [3.63, 3.8) is 0 Å². The Hall–Kier alpha value is -4.60. The summed E-state index contributed by atoms with van der Waals surface area (Å²) < 4.78 is 9.40. The number of carbonyl (C=O) groups is 6. The molecule has 3 aliphatic carbocycles. The van der Waals surface area contributed by atoms with Crippen LogP contribution in [-0.4, -0.2) is 49.8 Å². The standard InChI is InChI=1S/C28H22N2O8/c1-37-27(35)13-3-7-15(8-4-13)29-23(31)19-17-11-12-18(20(19)24(29)32)22-21(17)25(33)30(26(22)34)16-9-5-14(6-10-16)28(36)38-2/h3-12,17-22H,1-2H3/t17?,18?,19-,20+,21+,22-. The minimum atomic E-state index is -0.766. The third kappa shape index (κ3) is 3.12. The van der Waals surface area contributed by atoms with Crippen LogP contribution in [0.4, 0.5) is 11.4 Å². The van der Waals surface area contributed by atoms with Crippen molar-refractivity contribution < 1.29 is 38.2 Å². The topological polar surface area (TPSA) is 127 Å². The van der Waals surface area contributed by atoms with Gasteiger partial charge in [0.2, 0.25) is 23.6 Å². The average Bonchev–Trinajstić information content (AvgIpc) is 3.39. The van der Waals surface area contributed by atoms with Gasteiger partial charge in [-0.2, -0.15) is 0 Å². The highest BCUT2D eigenvalue weighted by molar-refractivity contribution is 6.26. The fourth-order valence-electron chi connectivity index (χ4n) is 6.46. The lowest BCUT2D eigenvalue weighted by atomic mass is 9.54. The molecule has 7 rings (SSSR count). The number of rotatable bonds is 4. The number of benzene rings is 2. The molecule has 0 spiro atoms. The van der Waals surface area contributed by atoms with Crippen molar-refractivity contribution >= 4 is 46.9 Å². The maximum Gasteiger partial charge on any atom is 0.337 e. The zero-order valence-electron chi connectivity index (χ0n) is 20.4. The summed E-state index contributed by atoms with van der Waals surface area (Å²) >= 11 is 0. The average molecular weight is 514 g/mol. The molecule has 192 valence electrons. The summed E-state index contributed by atoms with van der Waals surface area (Å²) in [5, 5.41) is 0. The molecule has 0 radical (unpaired) electrons. The molecule has 6 atom stereocenters. The van der Waals surface area contributed by atoms with E-state index in [2.05, 4.69) is 0 Å². The number of carbonyl (C=O) groups excluding carboxylic acids is 6. The van der Waals surface area contributed by atoms with Crippen LogP contribution in [-0.2, 0) is 28.7 Å². The van der Waals surface area contributed by atoms with Gasteiger partial charge in [0.15, 0.2) is 0 Å². The molecule has 2 unspecified atom stereocenters. The van der Waals surface area contributed by atoms with Crippen molar-refractivity contribution in [3.05, 3.63) is 71.8 Å². The molecular weight excluding hydrogens is 492 g/mol. The van der Waals surface area contributed by atoms with Crippen molar-refractivity contribution in [3.8, 4) is 0 Å². The summed E-state index contributed by atoms with van der Waals surface area (Å²) in [5.41, 5.74) is 1.19. The van der Waals surface area contributed by atoms with E-state index in [0.29, 0.717) is 11.4 Å². The Bertz CT molecular complexity index is 1290. The summed E-state index contributed by atoms with van der Waals surface area (Å²) in [7, 11) is 2.52. The normalized spacial score (nSPS) is 29.0. The molecule has 2 saturated heterocycles. The number of nitrogens with zero attached hydrogens (tertiary/aromatic N) is 2.